The van der Waals surface area contributed by atoms with Crippen LogP contribution in [0.25, 0.3) is 0 Å². The molecule has 0 saturated carbocycles. The van der Waals surface area contributed by atoms with Gasteiger partial charge in [0.2, 0.25) is 0 Å². The number of hydrazone groups is 1. The number of rotatable bonds is 2. The lowest BCUT2D eigenvalue weighted by Gasteiger charge is -1.79. The number of nitrogens with one attached hydrogen (secondary N) is 1. The number of nitrogens with two attached hydrogens (primary N) is 1. The molecule has 7 heavy (non-hydrogen) atoms. The number of nitrogens with zero attached hydrogens (tertiary/aromatic N) is 1. The summed E-state index contributed by atoms with van der Waals surface area (Å²) < 4.78 is 0. The molecule has 5 heteroatoms. The van der Waals surface area contributed by atoms with Crippen molar-refractivity contribution in [1.82, 2.24) is 5.53 Å². The van der Waals surface area contributed by atoms with Crippen molar-refractivity contribution in [2.45, 2.75) is 0 Å². The van der Waals surface area contributed by atoms with Crippen molar-refractivity contribution >= 4 is 12.2 Å². The summed E-state index contributed by atoms with van der Waals surface area (Å²) in [6.45, 7) is 0. The highest BCUT2D eigenvalue weighted by atomic mass is 16.4. The van der Waals surface area contributed by atoms with Crippen LogP contribution >= 0.6 is 0 Å². The number of aliphatic carboxylic acids is 1. The summed E-state index contributed by atoms with van der Waals surface area (Å²) in [5.74, 6) is 3.44. The highest BCUT2D eigenvalue weighted by molar-refractivity contribution is 6.21. The maximum atomic E-state index is 9.51. The summed E-state index contributed by atoms with van der Waals surface area (Å²) in [7, 11) is 0. The van der Waals surface area contributed by atoms with Crippen LogP contribution in [0.4, 0.5) is 0 Å². The van der Waals surface area contributed by atoms with E-state index < -0.39 is 5.97 Å². The zero-order valence-electron chi connectivity index (χ0n) is 3.46. The van der Waals surface area contributed by atoms with Gasteiger partial charge < -0.3 is 5.11 Å². The number of hydrogen-bond donors (Lipinski definition) is 3. The third-order valence-electron chi connectivity index (χ3n) is 0.250. The predicted molar refractivity (Wildman–Crippen MR) is 23.5 cm³/mol. The van der Waals surface area contributed by atoms with Gasteiger partial charge >= 0.3 is 5.97 Å². The van der Waals surface area contributed by atoms with Gasteiger partial charge in [-0.3, -0.25) is 0 Å². The minimum atomic E-state index is -1.13. The summed E-state index contributed by atoms with van der Waals surface area (Å²) in [5, 5.41) is 10.8. The number of carboxylic acids is 1. The lowest BCUT2D eigenvalue weighted by atomic mass is 10.8. The predicted octanol–water partition coefficient (Wildman–Crippen LogP) is -1.48. The molecule has 0 spiro atoms. The van der Waals surface area contributed by atoms with E-state index >= 15 is 0 Å². The number of carboxylic acid groups (broad SMARTS) is 1. The molecule has 0 unspecified atom stereocenters. The van der Waals surface area contributed by atoms with Crippen LogP contribution < -0.4 is 11.4 Å². The molecule has 40 valence electrons. The monoisotopic (exact) mass is 103 g/mol. The first-order chi connectivity index (χ1) is 3.27. The maximum Gasteiger partial charge on any atom is 0.348 e. The zero-order valence-corrected chi connectivity index (χ0v) is 3.46. The first-order valence-electron chi connectivity index (χ1n) is 1.49. The highest BCUT2D eigenvalue weighted by Crippen LogP contribution is 1.49. The lowest BCUT2D eigenvalue weighted by molar-refractivity contribution is -0.128. The average molecular weight is 103 g/mol. The van der Waals surface area contributed by atoms with Gasteiger partial charge in [-0.2, -0.15) is 5.10 Å². The minimum Gasteiger partial charge on any atom is -0.477 e. The quantitative estimate of drug-likeness (QED) is 0.226. The molecule has 0 aliphatic rings. The Kier molecular flexibility index (Phi) is 2.62. The van der Waals surface area contributed by atoms with E-state index in [2.05, 4.69) is 10.9 Å². The van der Waals surface area contributed by atoms with E-state index in [1.165, 1.54) is 0 Å². The number of hydrazine groups is 1. The van der Waals surface area contributed by atoms with Gasteiger partial charge in [0.25, 0.3) is 0 Å². The van der Waals surface area contributed by atoms with Crippen molar-refractivity contribution in [1.29, 1.82) is 0 Å². The van der Waals surface area contributed by atoms with E-state index in [-0.39, 0.29) is 0 Å². The topological polar surface area (TPSA) is 87.7 Å². The van der Waals surface area contributed by atoms with E-state index in [9.17, 15) is 4.79 Å². The lowest BCUT2D eigenvalue weighted by Crippen LogP contribution is -2.15. The normalized spacial score (nSPS) is 9.29. The van der Waals surface area contributed by atoms with E-state index in [1.807, 2.05) is 0 Å². The second kappa shape index (κ2) is 3.10. The fourth-order valence-electron chi connectivity index (χ4n) is 0.0925. The van der Waals surface area contributed by atoms with Gasteiger partial charge in [0, 0.05) is 0 Å². The van der Waals surface area contributed by atoms with Crippen molar-refractivity contribution < 1.29 is 9.90 Å². The molecule has 0 amide bonds. The van der Waals surface area contributed by atoms with Crippen LogP contribution in [0.3, 0.4) is 0 Å². The molecule has 0 aromatic rings. The van der Waals surface area contributed by atoms with Gasteiger partial charge in [0.15, 0.2) is 0 Å². The van der Waals surface area contributed by atoms with Crippen molar-refractivity contribution in [3.05, 3.63) is 0 Å². The summed E-state index contributed by atoms with van der Waals surface area (Å²) in [4.78, 5) is 9.51. The van der Waals surface area contributed by atoms with Gasteiger partial charge in [-0.15, -0.1) is 0 Å². The van der Waals surface area contributed by atoms with Crippen LogP contribution in [0.15, 0.2) is 5.10 Å². The molecule has 0 atom stereocenters. The summed E-state index contributed by atoms with van der Waals surface area (Å²) in [5.41, 5.74) is 1.79. The van der Waals surface area contributed by atoms with Gasteiger partial charge in [0.05, 0.1) is 0 Å². The van der Waals surface area contributed by atoms with E-state index in [4.69, 9.17) is 5.11 Å². The van der Waals surface area contributed by atoms with Crippen molar-refractivity contribution in [3.8, 4) is 0 Å². The van der Waals surface area contributed by atoms with Crippen LogP contribution in [0.5, 0.6) is 0 Å². The third-order valence-corrected chi connectivity index (χ3v) is 0.250. The largest absolute Gasteiger partial charge is 0.477 e. The molecule has 5 nitrogen and oxygen atoms in total. The van der Waals surface area contributed by atoms with E-state index in [0.717, 1.165) is 0 Å². The minimum absolute atomic E-state index is 0.653. The molecule has 0 radical (unpaired) electrons. The summed E-state index contributed by atoms with van der Waals surface area (Å²) in [6, 6.07) is 0. The fourth-order valence-corrected chi connectivity index (χ4v) is 0.0925. The first-order valence-corrected chi connectivity index (χ1v) is 1.49. The van der Waals surface area contributed by atoms with E-state index in [0.29, 0.717) is 6.21 Å². The van der Waals surface area contributed by atoms with Gasteiger partial charge in [-0.1, -0.05) is 0 Å². The SMILES string of the molecule is NN/N=C/C(=O)O. The Morgan fingerprint density at radius 1 is 2.00 bits per heavy atom. The van der Waals surface area contributed by atoms with Gasteiger partial charge in [-0.25, -0.2) is 16.2 Å². The molecule has 4 N–H and O–H groups in total. The molecule has 0 aromatic carbocycles. The third kappa shape index (κ3) is 4.90. The van der Waals surface area contributed by atoms with E-state index in [1.54, 1.807) is 5.53 Å². The first kappa shape index (κ1) is 5.90. The Bertz CT molecular complexity index is 88.9. The number of carbonyl (C=O) groups is 1. The van der Waals surface area contributed by atoms with Crippen LogP contribution in [-0.2, 0) is 4.79 Å². The molecule has 0 rings (SSSR count). The molecule has 0 fully saturated rings. The van der Waals surface area contributed by atoms with Gasteiger partial charge in [-0.05, 0) is 0 Å². The van der Waals surface area contributed by atoms with Crippen LogP contribution in [0, 0.1) is 0 Å². The molecule has 0 aliphatic heterocycles. The standard InChI is InChI=1S/C2H5N3O2/c3-5-4-1-2(6)7/h1,5H,3H2,(H,6,7)/b4-1+. The zero-order chi connectivity index (χ0) is 5.70. The van der Waals surface area contributed by atoms with Crippen LogP contribution in [0.2, 0.25) is 0 Å². The Balaban J connectivity index is 3.26. The Morgan fingerprint density at radius 3 is 2.71 bits per heavy atom. The summed E-state index contributed by atoms with van der Waals surface area (Å²) in [6.07, 6.45) is 0.653. The second-order valence-corrected chi connectivity index (χ2v) is 0.726. The molecular weight excluding hydrogens is 98.0 g/mol. The second-order valence-electron chi connectivity index (χ2n) is 0.726. The Labute approximate surface area is 39.8 Å². The smallest absolute Gasteiger partial charge is 0.348 e. The van der Waals surface area contributed by atoms with Crippen molar-refractivity contribution in [2.24, 2.45) is 10.9 Å². The van der Waals surface area contributed by atoms with Crippen molar-refractivity contribution in [3.63, 3.8) is 0 Å². The Morgan fingerprint density at radius 2 is 2.57 bits per heavy atom. The summed E-state index contributed by atoms with van der Waals surface area (Å²) >= 11 is 0. The average Bonchev–Trinajstić information content (AvgIpc) is 1.61. The Hall–Kier alpha value is -1.10. The highest BCUT2D eigenvalue weighted by Gasteiger charge is 1.81. The maximum absolute atomic E-state index is 9.51. The van der Waals surface area contributed by atoms with Crippen LogP contribution in [-0.4, -0.2) is 17.3 Å². The fraction of sp³-hybridized carbons (Fsp3) is 0. The molecule has 0 aliphatic carbocycles. The molecule has 0 heterocycles. The molecular formula is C2H5N3O2. The van der Waals surface area contributed by atoms with Gasteiger partial charge in [0.1, 0.15) is 6.21 Å². The molecule has 0 bridgehead atoms. The molecule has 0 aromatic heterocycles. The van der Waals surface area contributed by atoms with Crippen molar-refractivity contribution in [2.75, 3.05) is 0 Å². The van der Waals surface area contributed by atoms with Crippen LogP contribution in [0.1, 0.15) is 0 Å². The number of hydrogen-bond acceptors (Lipinski definition) is 4. The molecule has 0 saturated heterocycles.